The second kappa shape index (κ2) is 6.32. The van der Waals surface area contributed by atoms with Gasteiger partial charge in [0, 0.05) is 0 Å². The van der Waals surface area contributed by atoms with Gasteiger partial charge in [-0.05, 0) is 46.0 Å². The smallest absolute Gasteiger partial charge is 0.453 e. The Kier molecular flexibility index (Phi) is 5.50. The van der Waals surface area contributed by atoms with Crippen LogP contribution in [0.4, 0.5) is 22.0 Å². The molecule has 0 aliphatic heterocycles. The Morgan fingerprint density at radius 1 is 1.05 bits per heavy atom. The second-order valence-corrected chi connectivity index (χ2v) is 6.75. The molecule has 0 N–H and O–H groups in total. The summed E-state index contributed by atoms with van der Waals surface area (Å²) in [5, 5.41) is 0. The first-order valence-corrected chi connectivity index (χ1v) is 7.53. The molecule has 22 heavy (non-hydrogen) atoms. The minimum Gasteiger partial charge on any atom is -0.458 e. The van der Waals surface area contributed by atoms with Crippen LogP contribution in [-0.4, -0.2) is 23.7 Å². The van der Waals surface area contributed by atoms with E-state index in [1.165, 1.54) is 0 Å². The summed E-state index contributed by atoms with van der Waals surface area (Å²) in [6, 6.07) is 0. The van der Waals surface area contributed by atoms with Crippen LogP contribution >= 0.6 is 0 Å². The van der Waals surface area contributed by atoms with Gasteiger partial charge in [0.05, 0.1) is 11.8 Å². The first-order valence-electron chi connectivity index (χ1n) is 7.53. The molecule has 0 atom stereocenters. The summed E-state index contributed by atoms with van der Waals surface area (Å²) in [4.78, 5) is 12.2. The van der Waals surface area contributed by atoms with Gasteiger partial charge in [0.15, 0.2) is 0 Å². The standard InChI is InChI=1S/C15H23F5O2/c1-4-12(2,3)11(21)22-13(8-6-5-7-9-13)10-14(16,17)15(18,19)20/h4-10H2,1-3H3. The highest BCUT2D eigenvalue weighted by molar-refractivity contribution is 5.76. The number of carbonyl (C=O) groups is 1. The molecule has 0 spiro atoms. The summed E-state index contributed by atoms with van der Waals surface area (Å²) >= 11 is 0. The third-order valence-corrected chi connectivity index (χ3v) is 4.47. The average molecular weight is 330 g/mol. The van der Waals surface area contributed by atoms with Crippen molar-refractivity contribution in [3.8, 4) is 0 Å². The normalized spacial score (nSPS) is 19.8. The van der Waals surface area contributed by atoms with E-state index in [1.807, 2.05) is 0 Å². The Morgan fingerprint density at radius 2 is 1.55 bits per heavy atom. The molecule has 0 aromatic heterocycles. The summed E-state index contributed by atoms with van der Waals surface area (Å²) < 4.78 is 69.7. The molecule has 1 rings (SSSR count). The summed E-state index contributed by atoms with van der Waals surface area (Å²) in [6.07, 6.45) is -4.92. The summed E-state index contributed by atoms with van der Waals surface area (Å²) in [6.45, 7) is 4.92. The quantitative estimate of drug-likeness (QED) is 0.508. The Balaban J connectivity index is 2.99. The van der Waals surface area contributed by atoms with Crippen LogP contribution in [0.5, 0.6) is 0 Å². The van der Waals surface area contributed by atoms with E-state index in [2.05, 4.69) is 0 Å². The van der Waals surface area contributed by atoms with Crippen molar-refractivity contribution in [1.29, 1.82) is 0 Å². The number of ether oxygens (including phenoxy) is 1. The lowest BCUT2D eigenvalue weighted by Crippen LogP contribution is -2.49. The lowest BCUT2D eigenvalue weighted by molar-refractivity contribution is -0.300. The minimum atomic E-state index is -5.63. The largest absolute Gasteiger partial charge is 0.458 e. The van der Waals surface area contributed by atoms with Gasteiger partial charge in [-0.1, -0.05) is 13.3 Å². The predicted molar refractivity (Wildman–Crippen MR) is 71.6 cm³/mol. The first-order chi connectivity index (χ1) is 9.85. The van der Waals surface area contributed by atoms with E-state index in [0.717, 1.165) is 6.42 Å². The molecule has 2 nitrogen and oxygen atoms in total. The Bertz CT molecular complexity index is 395. The van der Waals surface area contributed by atoms with Crippen molar-refractivity contribution >= 4 is 5.97 Å². The summed E-state index contributed by atoms with van der Waals surface area (Å²) in [7, 11) is 0. The monoisotopic (exact) mass is 330 g/mol. The molecule has 0 aromatic rings. The fraction of sp³-hybridized carbons (Fsp3) is 0.933. The first kappa shape index (κ1) is 19.2. The maximum Gasteiger partial charge on any atom is 0.453 e. The van der Waals surface area contributed by atoms with Crippen molar-refractivity contribution in [1.82, 2.24) is 0 Å². The second-order valence-electron chi connectivity index (χ2n) is 6.75. The molecular formula is C15H23F5O2. The van der Waals surface area contributed by atoms with Crippen LogP contribution in [0.1, 0.15) is 65.7 Å². The van der Waals surface area contributed by atoms with Gasteiger partial charge >= 0.3 is 18.1 Å². The summed E-state index contributed by atoms with van der Waals surface area (Å²) in [5.74, 6) is -5.57. The zero-order chi connectivity index (χ0) is 17.2. The van der Waals surface area contributed by atoms with E-state index in [1.54, 1.807) is 20.8 Å². The van der Waals surface area contributed by atoms with Crippen molar-refractivity contribution in [2.75, 3.05) is 0 Å². The molecule has 0 saturated heterocycles. The van der Waals surface area contributed by atoms with Crippen molar-refractivity contribution < 1.29 is 31.5 Å². The van der Waals surface area contributed by atoms with Crippen molar-refractivity contribution in [3.05, 3.63) is 0 Å². The van der Waals surface area contributed by atoms with Crippen LogP contribution in [0.25, 0.3) is 0 Å². The maximum absolute atomic E-state index is 13.5. The molecule has 130 valence electrons. The molecule has 7 heteroatoms. The van der Waals surface area contributed by atoms with Crippen molar-refractivity contribution in [2.24, 2.45) is 5.41 Å². The molecule has 1 saturated carbocycles. The molecule has 1 fully saturated rings. The van der Waals surface area contributed by atoms with E-state index < -0.39 is 35.5 Å². The number of hydrogen-bond acceptors (Lipinski definition) is 2. The molecule has 0 heterocycles. The van der Waals surface area contributed by atoms with Gasteiger partial charge in [0.1, 0.15) is 5.60 Å². The number of halogens is 5. The molecule has 0 unspecified atom stereocenters. The molecule has 1 aliphatic carbocycles. The van der Waals surface area contributed by atoms with Crippen LogP contribution in [0, 0.1) is 5.41 Å². The molecule has 0 aromatic carbocycles. The number of hydrogen-bond donors (Lipinski definition) is 0. The van der Waals surface area contributed by atoms with E-state index in [-0.39, 0.29) is 12.8 Å². The van der Waals surface area contributed by atoms with Gasteiger partial charge in [-0.15, -0.1) is 0 Å². The fourth-order valence-corrected chi connectivity index (χ4v) is 2.50. The van der Waals surface area contributed by atoms with Crippen molar-refractivity contribution in [2.45, 2.75) is 83.4 Å². The van der Waals surface area contributed by atoms with Crippen LogP contribution in [0.3, 0.4) is 0 Å². The molecule has 1 aliphatic rings. The van der Waals surface area contributed by atoms with Crippen LogP contribution in [0.2, 0.25) is 0 Å². The molecular weight excluding hydrogens is 307 g/mol. The molecule has 0 amide bonds. The van der Waals surface area contributed by atoms with E-state index >= 15 is 0 Å². The Hall–Kier alpha value is -0.880. The van der Waals surface area contributed by atoms with Gasteiger partial charge in [-0.25, -0.2) is 0 Å². The lowest BCUT2D eigenvalue weighted by atomic mass is 9.79. The zero-order valence-electron chi connectivity index (χ0n) is 13.2. The van der Waals surface area contributed by atoms with E-state index in [4.69, 9.17) is 4.74 Å². The van der Waals surface area contributed by atoms with Gasteiger partial charge in [-0.3, -0.25) is 4.79 Å². The number of alkyl halides is 5. The predicted octanol–water partition coefficient (Wildman–Crippen LogP) is 5.26. The lowest BCUT2D eigenvalue weighted by Gasteiger charge is -2.41. The number of rotatable bonds is 5. The van der Waals surface area contributed by atoms with Gasteiger partial charge in [0.25, 0.3) is 0 Å². The number of esters is 1. The highest BCUT2D eigenvalue weighted by atomic mass is 19.4. The summed E-state index contributed by atoms with van der Waals surface area (Å²) in [5.41, 5.74) is -2.63. The SMILES string of the molecule is CCC(C)(C)C(=O)OC1(CC(F)(F)C(F)(F)F)CCCCC1. The van der Waals surface area contributed by atoms with E-state index in [0.29, 0.717) is 19.3 Å². The fourth-order valence-electron chi connectivity index (χ4n) is 2.50. The average Bonchev–Trinajstić information content (AvgIpc) is 2.37. The van der Waals surface area contributed by atoms with Crippen LogP contribution in [0.15, 0.2) is 0 Å². The maximum atomic E-state index is 13.5. The van der Waals surface area contributed by atoms with Crippen LogP contribution < -0.4 is 0 Å². The molecule has 0 bridgehead atoms. The Labute approximate surface area is 127 Å². The van der Waals surface area contributed by atoms with Gasteiger partial charge in [-0.2, -0.15) is 22.0 Å². The Morgan fingerprint density at radius 3 is 1.95 bits per heavy atom. The number of carbonyl (C=O) groups excluding carboxylic acids is 1. The topological polar surface area (TPSA) is 26.3 Å². The molecule has 0 radical (unpaired) electrons. The van der Waals surface area contributed by atoms with Crippen molar-refractivity contribution in [3.63, 3.8) is 0 Å². The highest BCUT2D eigenvalue weighted by Gasteiger charge is 2.61. The minimum absolute atomic E-state index is 0.0458. The van der Waals surface area contributed by atoms with Crippen LogP contribution in [-0.2, 0) is 9.53 Å². The van der Waals surface area contributed by atoms with Gasteiger partial charge < -0.3 is 4.74 Å². The highest BCUT2D eigenvalue weighted by Crippen LogP contribution is 2.47. The third-order valence-electron chi connectivity index (χ3n) is 4.47. The van der Waals surface area contributed by atoms with Gasteiger partial charge in [0.2, 0.25) is 0 Å². The third kappa shape index (κ3) is 4.32. The van der Waals surface area contributed by atoms with E-state index in [9.17, 15) is 26.7 Å². The zero-order valence-corrected chi connectivity index (χ0v) is 13.2.